The standard InChI is InChI=1S/C17H25N3/c1-5-10-18-17(6-2)15-8-7-9-16(11-15)20-12-19-13(3)14(20)4/h7-9,11-12,17-18H,5-6,10H2,1-4H3. The van der Waals surface area contributed by atoms with Crippen LogP contribution in [0.2, 0.25) is 0 Å². The van der Waals surface area contributed by atoms with E-state index >= 15 is 0 Å². The van der Waals surface area contributed by atoms with E-state index in [0.29, 0.717) is 6.04 Å². The Balaban J connectivity index is 2.29. The fraction of sp³-hybridized carbons (Fsp3) is 0.471. The summed E-state index contributed by atoms with van der Waals surface area (Å²) >= 11 is 0. The molecule has 1 aromatic carbocycles. The molecule has 0 radical (unpaired) electrons. The minimum atomic E-state index is 0.430. The first-order valence-corrected chi connectivity index (χ1v) is 7.51. The maximum Gasteiger partial charge on any atom is 0.0997 e. The molecule has 20 heavy (non-hydrogen) atoms. The average Bonchev–Trinajstić information content (AvgIpc) is 2.80. The molecule has 0 saturated heterocycles. The summed E-state index contributed by atoms with van der Waals surface area (Å²) in [6.45, 7) is 9.65. The van der Waals surface area contributed by atoms with Crippen LogP contribution in [0.5, 0.6) is 0 Å². The van der Waals surface area contributed by atoms with E-state index in [4.69, 9.17) is 0 Å². The number of rotatable bonds is 6. The zero-order chi connectivity index (χ0) is 14.5. The zero-order valence-electron chi connectivity index (χ0n) is 13.0. The minimum absolute atomic E-state index is 0.430. The van der Waals surface area contributed by atoms with Gasteiger partial charge in [-0.1, -0.05) is 26.0 Å². The van der Waals surface area contributed by atoms with Crippen molar-refractivity contribution in [2.45, 2.75) is 46.6 Å². The number of imidazole rings is 1. The number of nitrogens with one attached hydrogen (secondary N) is 1. The molecule has 0 aliphatic heterocycles. The lowest BCUT2D eigenvalue weighted by molar-refractivity contribution is 0.518. The number of aryl methyl sites for hydroxylation is 1. The third kappa shape index (κ3) is 3.10. The first-order chi connectivity index (χ1) is 9.67. The minimum Gasteiger partial charge on any atom is -0.310 e. The van der Waals surface area contributed by atoms with Crippen molar-refractivity contribution in [3.8, 4) is 5.69 Å². The fourth-order valence-electron chi connectivity index (χ4n) is 2.47. The second-order valence-electron chi connectivity index (χ2n) is 5.30. The lowest BCUT2D eigenvalue weighted by Gasteiger charge is -2.18. The first-order valence-electron chi connectivity index (χ1n) is 7.51. The highest BCUT2D eigenvalue weighted by atomic mass is 15.1. The summed E-state index contributed by atoms with van der Waals surface area (Å²) in [4.78, 5) is 4.38. The van der Waals surface area contributed by atoms with Gasteiger partial charge in [-0.15, -0.1) is 0 Å². The van der Waals surface area contributed by atoms with Crippen LogP contribution in [0.4, 0.5) is 0 Å². The first kappa shape index (κ1) is 14.8. The highest BCUT2D eigenvalue weighted by molar-refractivity contribution is 5.39. The second-order valence-corrected chi connectivity index (χ2v) is 5.30. The van der Waals surface area contributed by atoms with Crippen LogP contribution in [0.3, 0.4) is 0 Å². The largest absolute Gasteiger partial charge is 0.310 e. The Kier molecular flexibility index (Phi) is 4.96. The molecular formula is C17H25N3. The van der Waals surface area contributed by atoms with Crippen LogP contribution in [0.15, 0.2) is 30.6 Å². The van der Waals surface area contributed by atoms with Gasteiger partial charge in [-0.2, -0.15) is 0 Å². The van der Waals surface area contributed by atoms with Crippen LogP contribution >= 0.6 is 0 Å². The van der Waals surface area contributed by atoms with Gasteiger partial charge in [-0.3, -0.25) is 0 Å². The van der Waals surface area contributed by atoms with Crippen LogP contribution < -0.4 is 5.32 Å². The summed E-state index contributed by atoms with van der Waals surface area (Å²) in [7, 11) is 0. The molecule has 2 rings (SSSR count). The van der Waals surface area contributed by atoms with Gasteiger partial charge >= 0.3 is 0 Å². The van der Waals surface area contributed by atoms with Gasteiger partial charge in [0.25, 0.3) is 0 Å². The van der Waals surface area contributed by atoms with Crippen molar-refractivity contribution in [2.75, 3.05) is 6.54 Å². The Bertz CT molecular complexity index is 557. The molecule has 0 bridgehead atoms. The quantitative estimate of drug-likeness (QED) is 0.862. The lowest BCUT2D eigenvalue weighted by atomic mass is 10.0. The molecule has 0 saturated carbocycles. The summed E-state index contributed by atoms with van der Waals surface area (Å²) in [6, 6.07) is 9.18. The van der Waals surface area contributed by atoms with E-state index < -0.39 is 0 Å². The summed E-state index contributed by atoms with van der Waals surface area (Å²) in [5.41, 5.74) is 4.84. The fourth-order valence-corrected chi connectivity index (χ4v) is 2.47. The number of benzene rings is 1. The van der Waals surface area contributed by atoms with E-state index in [0.717, 1.165) is 25.1 Å². The van der Waals surface area contributed by atoms with Gasteiger partial charge < -0.3 is 9.88 Å². The van der Waals surface area contributed by atoms with E-state index in [1.54, 1.807) is 0 Å². The second kappa shape index (κ2) is 6.71. The Morgan fingerprint density at radius 3 is 2.65 bits per heavy atom. The maximum absolute atomic E-state index is 4.38. The molecular weight excluding hydrogens is 246 g/mol. The van der Waals surface area contributed by atoms with E-state index in [2.05, 4.69) is 59.9 Å². The molecule has 1 N–H and O–H groups in total. The Labute approximate surface area is 122 Å². The molecule has 3 nitrogen and oxygen atoms in total. The summed E-state index contributed by atoms with van der Waals surface area (Å²) in [5, 5.41) is 3.61. The van der Waals surface area contributed by atoms with Crippen molar-refractivity contribution in [3.05, 3.63) is 47.5 Å². The summed E-state index contributed by atoms with van der Waals surface area (Å²) < 4.78 is 2.16. The predicted molar refractivity (Wildman–Crippen MR) is 84.4 cm³/mol. The summed E-state index contributed by atoms with van der Waals surface area (Å²) in [5.74, 6) is 0. The molecule has 0 aliphatic carbocycles. The van der Waals surface area contributed by atoms with Crippen molar-refractivity contribution < 1.29 is 0 Å². The van der Waals surface area contributed by atoms with E-state index in [1.807, 2.05) is 13.3 Å². The van der Waals surface area contributed by atoms with Crippen LogP contribution in [0.1, 0.15) is 49.7 Å². The highest BCUT2D eigenvalue weighted by Crippen LogP contribution is 2.21. The van der Waals surface area contributed by atoms with E-state index in [9.17, 15) is 0 Å². The Morgan fingerprint density at radius 1 is 1.25 bits per heavy atom. The molecule has 0 amide bonds. The molecule has 0 fully saturated rings. The van der Waals surface area contributed by atoms with Gasteiger partial charge in [0.15, 0.2) is 0 Å². The van der Waals surface area contributed by atoms with E-state index in [-0.39, 0.29) is 0 Å². The number of hydrogen-bond donors (Lipinski definition) is 1. The van der Waals surface area contributed by atoms with Gasteiger partial charge in [0.05, 0.1) is 12.0 Å². The van der Waals surface area contributed by atoms with Crippen molar-refractivity contribution in [1.82, 2.24) is 14.9 Å². The lowest BCUT2D eigenvalue weighted by Crippen LogP contribution is -2.21. The van der Waals surface area contributed by atoms with Crippen LogP contribution in [-0.2, 0) is 0 Å². The SMILES string of the molecule is CCCNC(CC)c1cccc(-n2cnc(C)c2C)c1. The third-order valence-electron chi connectivity index (χ3n) is 3.85. The molecule has 1 atom stereocenters. The van der Waals surface area contributed by atoms with Crippen molar-refractivity contribution in [1.29, 1.82) is 0 Å². The smallest absolute Gasteiger partial charge is 0.0997 e. The molecule has 0 spiro atoms. The van der Waals surface area contributed by atoms with Crippen LogP contribution in [0.25, 0.3) is 5.69 Å². The van der Waals surface area contributed by atoms with Gasteiger partial charge in [0.1, 0.15) is 0 Å². The molecule has 1 aromatic heterocycles. The molecule has 108 valence electrons. The molecule has 3 heteroatoms. The van der Waals surface area contributed by atoms with Crippen molar-refractivity contribution in [2.24, 2.45) is 0 Å². The third-order valence-corrected chi connectivity index (χ3v) is 3.85. The molecule has 2 aromatic rings. The maximum atomic E-state index is 4.38. The van der Waals surface area contributed by atoms with E-state index in [1.165, 1.54) is 16.9 Å². The zero-order valence-corrected chi connectivity index (χ0v) is 13.0. The predicted octanol–water partition coefficient (Wildman–Crippen LogP) is 3.94. The van der Waals surface area contributed by atoms with Crippen molar-refractivity contribution in [3.63, 3.8) is 0 Å². The topological polar surface area (TPSA) is 29.9 Å². The Morgan fingerprint density at radius 2 is 2.05 bits per heavy atom. The highest BCUT2D eigenvalue weighted by Gasteiger charge is 2.10. The van der Waals surface area contributed by atoms with Gasteiger partial charge in [-0.25, -0.2) is 4.98 Å². The van der Waals surface area contributed by atoms with Crippen LogP contribution in [-0.4, -0.2) is 16.1 Å². The number of nitrogens with zero attached hydrogens (tertiary/aromatic N) is 2. The van der Waals surface area contributed by atoms with Gasteiger partial charge in [0, 0.05) is 17.4 Å². The average molecular weight is 271 g/mol. The Hall–Kier alpha value is -1.61. The molecule has 1 heterocycles. The molecule has 1 unspecified atom stereocenters. The monoisotopic (exact) mass is 271 g/mol. The molecule has 0 aliphatic rings. The number of hydrogen-bond acceptors (Lipinski definition) is 2. The van der Waals surface area contributed by atoms with Gasteiger partial charge in [-0.05, 0) is 50.9 Å². The number of aromatic nitrogens is 2. The van der Waals surface area contributed by atoms with Crippen molar-refractivity contribution >= 4 is 0 Å². The van der Waals surface area contributed by atoms with Gasteiger partial charge in [0.2, 0.25) is 0 Å². The van der Waals surface area contributed by atoms with Crippen LogP contribution in [0, 0.1) is 13.8 Å². The summed E-state index contributed by atoms with van der Waals surface area (Å²) in [6.07, 6.45) is 4.17. The normalized spacial score (nSPS) is 12.6.